The standard InChI is InChI=1S/C24H28ClN7O.CO2/c1-5-24(2,3)21-11-6-8-15(29-21)13-28-14-20(32-27)19-12-18(30-23(26)31-19)16-9-7-10-17(25)22(16)33-4;2-1-3/h6-12,14H,5,13,27H2,1-4H3,(H2,26,30,31);. The van der Waals surface area contributed by atoms with Crippen LogP contribution in [-0.4, -0.2) is 40.1 Å². The first-order chi connectivity index (χ1) is 17.2. The summed E-state index contributed by atoms with van der Waals surface area (Å²) >= 11 is 6.25. The van der Waals surface area contributed by atoms with Crippen LogP contribution in [0.4, 0.5) is 5.95 Å². The second kappa shape index (κ2) is 13.1. The largest absolute Gasteiger partial charge is 0.494 e. The van der Waals surface area contributed by atoms with Gasteiger partial charge in [-0.05, 0) is 36.8 Å². The van der Waals surface area contributed by atoms with Gasteiger partial charge in [0.1, 0.15) is 11.5 Å². The third-order valence-corrected chi connectivity index (χ3v) is 5.74. The van der Waals surface area contributed by atoms with E-state index in [0.717, 1.165) is 17.8 Å². The van der Waals surface area contributed by atoms with E-state index in [1.807, 2.05) is 24.3 Å². The first-order valence-corrected chi connectivity index (χ1v) is 11.3. The molecular formula is C25H28ClN7O3. The second-order valence-corrected chi connectivity index (χ2v) is 8.54. The van der Waals surface area contributed by atoms with Gasteiger partial charge in [-0.3, -0.25) is 9.98 Å². The molecule has 0 saturated heterocycles. The lowest BCUT2D eigenvalue weighted by molar-refractivity contribution is -0.191. The van der Waals surface area contributed by atoms with E-state index in [1.54, 1.807) is 31.5 Å². The summed E-state index contributed by atoms with van der Waals surface area (Å²) in [5, 5.41) is 4.30. The number of nitrogen functional groups attached to an aromatic ring is 1. The number of nitrogens with two attached hydrogens (primary N) is 2. The number of para-hydroxylation sites is 1. The number of carbonyl (C=O) groups excluding carboxylic acids is 2. The Morgan fingerprint density at radius 1 is 1.17 bits per heavy atom. The molecule has 0 amide bonds. The molecule has 3 rings (SSSR count). The number of anilines is 1. The summed E-state index contributed by atoms with van der Waals surface area (Å²) < 4.78 is 5.43. The highest BCUT2D eigenvalue weighted by Gasteiger charge is 2.19. The van der Waals surface area contributed by atoms with Crippen LogP contribution in [0.1, 0.15) is 44.3 Å². The number of hydrogen-bond acceptors (Lipinski definition) is 10. The van der Waals surface area contributed by atoms with E-state index < -0.39 is 0 Å². The first kappa shape index (κ1) is 28.1. The van der Waals surface area contributed by atoms with E-state index in [4.69, 9.17) is 42.5 Å². The summed E-state index contributed by atoms with van der Waals surface area (Å²) in [5.41, 5.74) is 9.85. The number of aromatic nitrogens is 3. The lowest BCUT2D eigenvalue weighted by atomic mass is 9.86. The molecule has 3 aromatic rings. The number of hydrazone groups is 1. The summed E-state index contributed by atoms with van der Waals surface area (Å²) in [6.45, 7) is 6.88. The summed E-state index contributed by atoms with van der Waals surface area (Å²) in [4.78, 5) is 34.1. The molecule has 1 aromatic carbocycles. The minimum Gasteiger partial charge on any atom is -0.494 e. The lowest BCUT2D eigenvalue weighted by Gasteiger charge is -2.22. The van der Waals surface area contributed by atoms with Crippen molar-refractivity contribution in [2.24, 2.45) is 15.9 Å². The van der Waals surface area contributed by atoms with Crippen molar-refractivity contribution in [1.82, 2.24) is 15.0 Å². The van der Waals surface area contributed by atoms with Crippen molar-refractivity contribution in [3.8, 4) is 17.0 Å². The van der Waals surface area contributed by atoms with Gasteiger partial charge in [0.15, 0.2) is 0 Å². The van der Waals surface area contributed by atoms with Gasteiger partial charge < -0.3 is 16.3 Å². The monoisotopic (exact) mass is 509 g/mol. The van der Waals surface area contributed by atoms with Crippen molar-refractivity contribution in [2.45, 2.75) is 39.2 Å². The smallest absolute Gasteiger partial charge is 0.373 e. The number of benzene rings is 1. The third-order valence-electron chi connectivity index (χ3n) is 5.44. The zero-order valence-corrected chi connectivity index (χ0v) is 21.3. The van der Waals surface area contributed by atoms with Crippen LogP contribution in [0.5, 0.6) is 5.75 Å². The van der Waals surface area contributed by atoms with Crippen molar-refractivity contribution >= 4 is 35.6 Å². The zero-order valence-electron chi connectivity index (χ0n) is 20.5. The van der Waals surface area contributed by atoms with E-state index in [0.29, 0.717) is 40.0 Å². The molecule has 0 spiro atoms. The molecule has 0 aliphatic rings. The number of halogens is 1. The molecule has 0 bridgehead atoms. The molecule has 0 atom stereocenters. The lowest BCUT2D eigenvalue weighted by Crippen LogP contribution is -2.18. The number of ether oxygens (including phenoxy) is 1. The van der Waals surface area contributed by atoms with Gasteiger partial charge in [0.05, 0.1) is 42.0 Å². The zero-order chi connectivity index (χ0) is 26.7. The predicted octanol–water partition coefficient (Wildman–Crippen LogP) is 3.82. The predicted molar refractivity (Wildman–Crippen MR) is 139 cm³/mol. The highest BCUT2D eigenvalue weighted by molar-refractivity contribution is 6.37. The van der Waals surface area contributed by atoms with E-state index in [-0.39, 0.29) is 17.5 Å². The van der Waals surface area contributed by atoms with Crippen molar-refractivity contribution < 1.29 is 14.3 Å². The fourth-order valence-electron chi connectivity index (χ4n) is 3.17. The maximum atomic E-state index is 8.12. The molecule has 0 radical (unpaired) electrons. The average molecular weight is 510 g/mol. The number of aliphatic imine (C=N–C) groups is 1. The molecule has 0 aliphatic heterocycles. The molecule has 4 N–H and O–H groups in total. The van der Waals surface area contributed by atoms with E-state index in [9.17, 15) is 0 Å². The Morgan fingerprint density at radius 2 is 1.86 bits per heavy atom. The summed E-state index contributed by atoms with van der Waals surface area (Å²) in [6.07, 6.45) is 2.80. The normalized spacial score (nSPS) is 11.5. The Kier molecular flexibility index (Phi) is 10.2. The Labute approximate surface area is 214 Å². The van der Waals surface area contributed by atoms with Crippen molar-refractivity contribution in [3.63, 3.8) is 0 Å². The summed E-state index contributed by atoms with van der Waals surface area (Å²) in [6, 6.07) is 13.1. The van der Waals surface area contributed by atoms with Gasteiger partial charge in [0, 0.05) is 16.7 Å². The molecule has 36 heavy (non-hydrogen) atoms. The molecule has 11 heteroatoms. The molecule has 10 nitrogen and oxygen atoms in total. The van der Waals surface area contributed by atoms with Crippen LogP contribution in [0.2, 0.25) is 5.02 Å². The van der Waals surface area contributed by atoms with E-state index in [1.165, 1.54) is 0 Å². The molecular weight excluding hydrogens is 482 g/mol. The van der Waals surface area contributed by atoms with Crippen molar-refractivity contribution in [3.05, 3.63) is 64.6 Å². The molecule has 188 valence electrons. The van der Waals surface area contributed by atoms with E-state index >= 15 is 0 Å². The van der Waals surface area contributed by atoms with Crippen LogP contribution in [0.3, 0.4) is 0 Å². The first-order valence-electron chi connectivity index (χ1n) is 10.9. The van der Waals surface area contributed by atoms with Gasteiger partial charge in [-0.2, -0.15) is 14.7 Å². The van der Waals surface area contributed by atoms with Crippen LogP contribution in [0.15, 0.2) is 52.6 Å². The Balaban J connectivity index is 0.00000145. The van der Waals surface area contributed by atoms with Crippen LogP contribution >= 0.6 is 11.6 Å². The Bertz CT molecular complexity index is 1290. The van der Waals surface area contributed by atoms with Crippen LogP contribution in [0.25, 0.3) is 11.3 Å². The van der Waals surface area contributed by atoms with Crippen LogP contribution < -0.4 is 16.3 Å². The minimum atomic E-state index is -0.000120. The fraction of sp³-hybridized carbons (Fsp3) is 0.280. The second-order valence-electron chi connectivity index (χ2n) is 8.14. The Morgan fingerprint density at radius 3 is 2.50 bits per heavy atom. The van der Waals surface area contributed by atoms with Gasteiger partial charge >= 0.3 is 6.15 Å². The highest BCUT2D eigenvalue weighted by Crippen LogP contribution is 2.35. The minimum absolute atomic E-state index is 0.000120. The molecule has 2 heterocycles. The molecule has 2 aromatic heterocycles. The molecule has 0 saturated carbocycles. The topological polar surface area (TPSA) is 159 Å². The average Bonchev–Trinajstić information content (AvgIpc) is 2.86. The van der Waals surface area contributed by atoms with Crippen LogP contribution in [-0.2, 0) is 21.5 Å². The number of hydrogen-bond donors (Lipinski definition) is 2. The quantitative estimate of drug-likeness (QED) is 0.263. The number of pyridine rings is 1. The maximum Gasteiger partial charge on any atom is 0.373 e. The number of methoxy groups -OCH3 is 1. The SMILES string of the molecule is CCC(C)(C)c1cccc(CN=CC(=NN)c2cc(-c3cccc(Cl)c3OC)nc(N)n2)n1.O=C=O. The van der Waals surface area contributed by atoms with Gasteiger partial charge in [0.2, 0.25) is 5.95 Å². The van der Waals surface area contributed by atoms with Crippen LogP contribution in [0, 0.1) is 0 Å². The van der Waals surface area contributed by atoms with Crippen molar-refractivity contribution in [1.29, 1.82) is 0 Å². The van der Waals surface area contributed by atoms with Gasteiger partial charge in [-0.15, -0.1) is 0 Å². The Hall–Kier alpha value is -4.14. The van der Waals surface area contributed by atoms with Crippen molar-refractivity contribution in [2.75, 3.05) is 12.8 Å². The fourth-order valence-corrected chi connectivity index (χ4v) is 3.42. The van der Waals surface area contributed by atoms with Gasteiger partial charge in [-0.25, -0.2) is 9.97 Å². The molecule has 0 unspecified atom stereocenters. The van der Waals surface area contributed by atoms with Gasteiger partial charge in [0.25, 0.3) is 0 Å². The summed E-state index contributed by atoms with van der Waals surface area (Å²) in [5.74, 6) is 6.19. The molecule has 0 fully saturated rings. The van der Waals surface area contributed by atoms with Gasteiger partial charge in [-0.1, -0.05) is 44.5 Å². The number of nitrogens with zero attached hydrogens (tertiary/aromatic N) is 5. The third kappa shape index (κ3) is 7.18. The van der Waals surface area contributed by atoms with E-state index in [2.05, 4.69) is 40.8 Å². The number of rotatable bonds is 8. The summed E-state index contributed by atoms with van der Waals surface area (Å²) in [7, 11) is 1.54. The maximum absolute atomic E-state index is 8.12. The highest BCUT2D eigenvalue weighted by atomic mass is 35.5. The molecule has 0 aliphatic carbocycles.